The molecule has 0 fully saturated rings. The second-order valence-electron chi connectivity index (χ2n) is 6.19. The number of esters is 1. The summed E-state index contributed by atoms with van der Waals surface area (Å²) < 4.78 is 31.3. The predicted octanol–water partition coefficient (Wildman–Crippen LogP) is 1.92. The molecule has 2 aromatic rings. The van der Waals surface area contributed by atoms with Crippen molar-refractivity contribution in [3.8, 4) is 0 Å². The summed E-state index contributed by atoms with van der Waals surface area (Å²) in [5.74, 6) is -4.32. The Morgan fingerprint density at radius 1 is 1.00 bits per heavy atom. The topological polar surface area (TPSA) is 92.8 Å². The van der Waals surface area contributed by atoms with Gasteiger partial charge in [0.2, 0.25) is 0 Å². The number of rotatable bonds is 7. The summed E-state index contributed by atoms with van der Waals surface area (Å²) in [6.07, 6.45) is 0.220. The van der Waals surface area contributed by atoms with Crippen LogP contribution in [-0.4, -0.2) is 48.3 Å². The summed E-state index contributed by atoms with van der Waals surface area (Å²) >= 11 is 0. The molecule has 0 bridgehead atoms. The van der Waals surface area contributed by atoms with Crippen molar-refractivity contribution in [2.45, 2.75) is 6.42 Å². The van der Waals surface area contributed by atoms with Gasteiger partial charge >= 0.3 is 5.97 Å². The molecule has 9 heteroatoms. The molecule has 0 saturated carbocycles. The molecule has 1 aliphatic rings. The zero-order valence-corrected chi connectivity index (χ0v) is 15.1. The number of carbonyl (C=O) groups excluding carboxylic acids is 4. The number of amides is 3. The molecule has 0 unspecified atom stereocenters. The molecule has 150 valence electrons. The second kappa shape index (κ2) is 8.59. The van der Waals surface area contributed by atoms with Crippen LogP contribution >= 0.6 is 0 Å². The van der Waals surface area contributed by atoms with Gasteiger partial charge in [0.15, 0.2) is 0 Å². The first-order valence-corrected chi connectivity index (χ1v) is 8.72. The first-order valence-electron chi connectivity index (χ1n) is 8.72. The minimum atomic E-state index is -1.04. The van der Waals surface area contributed by atoms with E-state index in [-0.39, 0.29) is 19.6 Å². The number of imide groups is 1. The Morgan fingerprint density at radius 3 is 2.28 bits per heavy atom. The molecule has 0 aliphatic carbocycles. The third-order valence-electron chi connectivity index (χ3n) is 4.24. The lowest BCUT2D eigenvalue weighted by Crippen LogP contribution is -2.33. The lowest BCUT2D eigenvalue weighted by Gasteiger charge is -2.13. The molecule has 0 atom stereocenters. The number of nitrogens with zero attached hydrogens (tertiary/aromatic N) is 1. The van der Waals surface area contributed by atoms with Gasteiger partial charge in [-0.05, 0) is 30.7 Å². The molecule has 1 aliphatic heterocycles. The number of hydrogen-bond acceptors (Lipinski definition) is 5. The van der Waals surface area contributed by atoms with Gasteiger partial charge in [-0.2, -0.15) is 0 Å². The van der Waals surface area contributed by atoms with Crippen molar-refractivity contribution in [3.05, 3.63) is 70.8 Å². The molecule has 0 saturated heterocycles. The van der Waals surface area contributed by atoms with Gasteiger partial charge in [0.1, 0.15) is 18.2 Å². The maximum atomic E-state index is 13.5. The molecule has 1 N–H and O–H groups in total. The first kappa shape index (κ1) is 20.1. The summed E-state index contributed by atoms with van der Waals surface area (Å²) in [6.45, 7) is -0.511. The highest BCUT2D eigenvalue weighted by atomic mass is 19.1. The van der Waals surface area contributed by atoms with Gasteiger partial charge in [0.25, 0.3) is 17.7 Å². The monoisotopic (exact) mass is 402 g/mol. The molecule has 3 rings (SSSR count). The van der Waals surface area contributed by atoms with Crippen LogP contribution in [0.3, 0.4) is 0 Å². The van der Waals surface area contributed by atoms with Gasteiger partial charge in [-0.1, -0.05) is 12.1 Å². The zero-order chi connectivity index (χ0) is 21.0. The van der Waals surface area contributed by atoms with Crippen LogP contribution in [0.4, 0.5) is 8.78 Å². The van der Waals surface area contributed by atoms with Gasteiger partial charge in [0.05, 0.1) is 23.3 Å². The minimum absolute atomic E-state index is 0.0762. The molecule has 1 heterocycles. The van der Waals surface area contributed by atoms with E-state index in [9.17, 15) is 28.0 Å². The van der Waals surface area contributed by atoms with Crippen molar-refractivity contribution < 1.29 is 32.7 Å². The third-order valence-corrected chi connectivity index (χ3v) is 4.24. The maximum Gasteiger partial charge on any atom is 0.325 e. The largest absolute Gasteiger partial charge is 0.464 e. The number of ether oxygens (including phenoxy) is 1. The Kier molecular flexibility index (Phi) is 5.96. The van der Waals surface area contributed by atoms with Crippen LogP contribution in [0, 0.1) is 11.6 Å². The molecular formula is C20H16F2N2O5. The van der Waals surface area contributed by atoms with Crippen LogP contribution in [0.1, 0.15) is 37.5 Å². The highest BCUT2D eigenvalue weighted by molar-refractivity contribution is 6.21. The van der Waals surface area contributed by atoms with Crippen molar-refractivity contribution in [2.24, 2.45) is 0 Å². The molecular weight excluding hydrogens is 386 g/mol. The third kappa shape index (κ3) is 4.45. The minimum Gasteiger partial charge on any atom is -0.464 e. The smallest absolute Gasteiger partial charge is 0.325 e. The van der Waals surface area contributed by atoms with Gasteiger partial charge in [-0.25, -0.2) is 8.78 Å². The summed E-state index contributed by atoms with van der Waals surface area (Å²) in [5.41, 5.74) is 0.278. The quantitative estimate of drug-likeness (QED) is 0.434. The number of nitrogens with one attached hydrogen (secondary N) is 1. The Morgan fingerprint density at radius 2 is 1.66 bits per heavy atom. The number of fused-ring (bicyclic) bond motifs is 1. The van der Waals surface area contributed by atoms with Crippen molar-refractivity contribution in [1.82, 2.24) is 10.2 Å². The zero-order valence-electron chi connectivity index (χ0n) is 15.1. The highest BCUT2D eigenvalue weighted by Gasteiger charge is 2.34. The molecule has 7 nitrogen and oxygen atoms in total. The molecule has 3 amide bonds. The average molecular weight is 402 g/mol. The van der Waals surface area contributed by atoms with Gasteiger partial charge in [-0.3, -0.25) is 24.1 Å². The molecule has 0 aromatic heterocycles. The molecule has 0 radical (unpaired) electrons. The van der Waals surface area contributed by atoms with E-state index in [1.165, 1.54) is 0 Å². The van der Waals surface area contributed by atoms with E-state index in [0.717, 1.165) is 17.0 Å². The van der Waals surface area contributed by atoms with Crippen LogP contribution in [0.2, 0.25) is 0 Å². The van der Waals surface area contributed by atoms with Crippen molar-refractivity contribution in [1.29, 1.82) is 0 Å². The lowest BCUT2D eigenvalue weighted by molar-refractivity contribution is -0.142. The van der Waals surface area contributed by atoms with E-state index < -0.39 is 47.4 Å². The van der Waals surface area contributed by atoms with E-state index in [1.807, 2.05) is 0 Å². The van der Waals surface area contributed by atoms with Gasteiger partial charge in [-0.15, -0.1) is 0 Å². The SMILES string of the molecule is O=C(CNC(=O)c1ccc(F)cc1F)OCCCN1C(=O)c2ccccc2C1=O. The lowest BCUT2D eigenvalue weighted by atomic mass is 10.1. The summed E-state index contributed by atoms with van der Waals surface area (Å²) in [6, 6.07) is 8.93. The van der Waals surface area contributed by atoms with E-state index in [4.69, 9.17) is 4.74 Å². The second-order valence-corrected chi connectivity index (χ2v) is 6.19. The van der Waals surface area contributed by atoms with Crippen LogP contribution in [0.5, 0.6) is 0 Å². The predicted molar refractivity (Wildman–Crippen MR) is 96.1 cm³/mol. The van der Waals surface area contributed by atoms with E-state index >= 15 is 0 Å². The van der Waals surface area contributed by atoms with Crippen LogP contribution in [0.25, 0.3) is 0 Å². The van der Waals surface area contributed by atoms with Crippen molar-refractivity contribution >= 4 is 23.7 Å². The van der Waals surface area contributed by atoms with Crippen LogP contribution in [-0.2, 0) is 9.53 Å². The number of carbonyl (C=O) groups is 4. The molecule has 2 aromatic carbocycles. The van der Waals surface area contributed by atoms with E-state index in [0.29, 0.717) is 17.2 Å². The van der Waals surface area contributed by atoms with Crippen molar-refractivity contribution in [2.75, 3.05) is 19.7 Å². The number of hydrogen-bond donors (Lipinski definition) is 1. The fraction of sp³-hybridized carbons (Fsp3) is 0.200. The first-order chi connectivity index (χ1) is 13.9. The fourth-order valence-electron chi connectivity index (χ4n) is 2.82. The molecule has 29 heavy (non-hydrogen) atoms. The summed E-state index contributed by atoms with van der Waals surface area (Å²) in [5, 5.41) is 2.17. The number of benzene rings is 2. The average Bonchev–Trinajstić information content (AvgIpc) is 2.94. The van der Waals surface area contributed by atoms with Crippen molar-refractivity contribution in [3.63, 3.8) is 0 Å². The summed E-state index contributed by atoms with van der Waals surface area (Å²) in [4.78, 5) is 48.9. The Hall–Kier alpha value is -3.62. The van der Waals surface area contributed by atoms with Crippen LogP contribution < -0.4 is 5.32 Å². The standard InChI is InChI=1S/C20H16F2N2O5/c21-12-6-7-15(16(22)10-12)18(26)23-11-17(25)29-9-3-8-24-19(27)13-4-1-2-5-14(13)20(24)28/h1-2,4-7,10H,3,8-9,11H2,(H,23,26). The van der Waals surface area contributed by atoms with Crippen LogP contribution in [0.15, 0.2) is 42.5 Å². The fourth-order valence-corrected chi connectivity index (χ4v) is 2.82. The normalized spacial score (nSPS) is 12.7. The Bertz CT molecular complexity index is 958. The summed E-state index contributed by atoms with van der Waals surface area (Å²) in [7, 11) is 0. The van der Waals surface area contributed by atoms with E-state index in [2.05, 4.69) is 5.32 Å². The maximum absolute atomic E-state index is 13.5. The Balaban J connectivity index is 1.40. The van der Waals surface area contributed by atoms with Gasteiger partial charge in [0, 0.05) is 12.6 Å². The Labute approximate surface area is 164 Å². The van der Waals surface area contributed by atoms with Gasteiger partial charge < -0.3 is 10.1 Å². The number of halogens is 2. The highest BCUT2D eigenvalue weighted by Crippen LogP contribution is 2.22. The van der Waals surface area contributed by atoms with E-state index in [1.54, 1.807) is 24.3 Å². The molecule has 0 spiro atoms.